The fourth-order valence-electron chi connectivity index (χ4n) is 4.08. The molecule has 0 aromatic carbocycles. The van der Waals surface area contributed by atoms with Crippen molar-refractivity contribution in [1.29, 1.82) is 0 Å². The molecule has 4 rings (SSSR count). The van der Waals surface area contributed by atoms with E-state index in [0.717, 1.165) is 77.4 Å². The van der Waals surface area contributed by atoms with Gasteiger partial charge in [-0.15, -0.1) is 11.3 Å². The molecule has 5 nitrogen and oxygen atoms in total. The van der Waals surface area contributed by atoms with Gasteiger partial charge in [-0.25, -0.2) is 4.98 Å². The molecule has 1 spiro atoms. The topological polar surface area (TPSA) is 43.8 Å². The van der Waals surface area contributed by atoms with Crippen LogP contribution in [0.25, 0.3) is 0 Å². The van der Waals surface area contributed by atoms with Crippen LogP contribution in [-0.4, -0.2) is 61.1 Å². The van der Waals surface area contributed by atoms with E-state index in [1.165, 1.54) is 5.01 Å². The van der Waals surface area contributed by atoms with Crippen LogP contribution < -0.4 is 0 Å². The minimum atomic E-state index is 0.0326. The summed E-state index contributed by atoms with van der Waals surface area (Å²) in [5.41, 5.74) is 1.16. The molecule has 0 N–H and O–H groups in total. The molecule has 0 bridgehead atoms. The highest BCUT2D eigenvalue weighted by atomic mass is 32.1. The van der Waals surface area contributed by atoms with Crippen molar-refractivity contribution < 1.29 is 14.2 Å². The van der Waals surface area contributed by atoms with Gasteiger partial charge in [-0.05, 0) is 32.1 Å². The maximum Gasteiger partial charge on any atom is 0.107 e. The number of rotatable bonds is 5. The van der Waals surface area contributed by atoms with Gasteiger partial charge >= 0.3 is 0 Å². The van der Waals surface area contributed by atoms with Crippen LogP contribution in [-0.2, 0) is 20.8 Å². The average Bonchev–Trinajstić information content (AvgIpc) is 2.98. The van der Waals surface area contributed by atoms with Crippen LogP contribution in [0, 0.1) is 12.8 Å². The summed E-state index contributed by atoms with van der Waals surface area (Å²) >= 11 is 1.76. The fourth-order valence-corrected chi connectivity index (χ4v) is 4.89. The van der Waals surface area contributed by atoms with Gasteiger partial charge in [0, 0.05) is 57.0 Å². The van der Waals surface area contributed by atoms with Gasteiger partial charge in [0.15, 0.2) is 0 Å². The lowest BCUT2D eigenvalue weighted by atomic mass is 9.84. The van der Waals surface area contributed by atoms with Gasteiger partial charge in [-0.1, -0.05) is 0 Å². The summed E-state index contributed by atoms with van der Waals surface area (Å²) < 4.78 is 17.8. The highest BCUT2D eigenvalue weighted by molar-refractivity contribution is 7.09. The SMILES string of the molecule is Cc1csc(CN2CC3(C[C@H](OCC4CCOCC4)CCO3)C2)n1. The van der Waals surface area contributed by atoms with Crippen molar-refractivity contribution in [3.63, 3.8) is 0 Å². The van der Waals surface area contributed by atoms with E-state index in [-0.39, 0.29) is 5.60 Å². The number of nitrogens with zero attached hydrogens (tertiary/aromatic N) is 2. The van der Waals surface area contributed by atoms with E-state index in [2.05, 4.69) is 22.2 Å². The van der Waals surface area contributed by atoms with Crippen molar-refractivity contribution in [2.75, 3.05) is 39.5 Å². The van der Waals surface area contributed by atoms with Crippen molar-refractivity contribution >= 4 is 11.3 Å². The Hall–Kier alpha value is -0.530. The van der Waals surface area contributed by atoms with Crippen molar-refractivity contribution in [2.24, 2.45) is 5.92 Å². The molecule has 0 radical (unpaired) electrons. The number of hydrogen-bond acceptors (Lipinski definition) is 6. The summed E-state index contributed by atoms with van der Waals surface area (Å²) in [6.07, 6.45) is 4.75. The Morgan fingerprint density at radius 1 is 1.29 bits per heavy atom. The number of hydrogen-bond donors (Lipinski definition) is 0. The number of likely N-dealkylation sites (tertiary alicyclic amines) is 1. The lowest BCUT2D eigenvalue weighted by Gasteiger charge is -2.53. The largest absolute Gasteiger partial charge is 0.381 e. The molecule has 1 aromatic heterocycles. The Balaban J connectivity index is 1.22. The van der Waals surface area contributed by atoms with Crippen LogP contribution in [0.2, 0.25) is 0 Å². The molecule has 3 saturated heterocycles. The Morgan fingerprint density at radius 2 is 2.12 bits per heavy atom. The molecule has 6 heteroatoms. The zero-order valence-corrected chi connectivity index (χ0v) is 15.4. The molecule has 0 aliphatic carbocycles. The zero-order valence-electron chi connectivity index (χ0n) is 14.5. The second-order valence-electron chi connectivity index (χ2n) is 7.56. The van der Waals surface area contributed by atoms with Crippen molar-refractivity contribution in [3.8, 4) is 0 Å². The zero-order chi connectivity index (χ0) is 16.4. The van der Waals surface area contributed by atoms with Crippen LogP contribution in [0.15, 0.2) is 5.38 Å². The number of ether oxygens (including phenoxy) is 3. The maximum atomic E-state index is 6.25. The summed E-state index contributed by atoms with van der Waals surface area (Å²) in [7, 11) is 0. The standard InChI is InChI=1S/C18H28N2O3S/c1-14-11-24-17(19-14)9-20-12-18(13-20)8-16(4-7-23-18)22-10-15-2-5-21-6-3-15/h11,15-16H,2-10,12-13H2,1H3/t16-/m1/s1. The van der Waals surface area contributed by atoms with Gasteiger partial charge in [0.2, 0.25) is 0 Å². The third kappa shape index (κ3) is 3.99. The lowest BCUT2D eigenvalue weighted by Crippen LogP contribution is -2.65. The number of aryl methyl sites for hydroxylation is 1. The summed E-state index contributed by atoms with van der Waals surface area (Å²) in [6.45, 7) is 8.58. The molecular formula is C18H28N2O3S. The van der Waals surface area contributed by atoms with E-state index >= 15 is 0 Å². The molecule has 0 unspecified atom stereocenters. The summed E-state index contributed by atoms with van der Waals surface area (Å²) in [6, 6.07) is 0. The molecule has 3 fully saturated rings. The van der Waals surface area contributed by atoms with Crippen LogP contribution in [0.5, 0.6) is 0 Å². The van der Waals surface area contributed by atoms with Crippen LogP contribution in [0.3, 0.4) is 0 Å². The molecule has 1 aromatic rings. The third-order valence-corrected chi connectivity index (χ3v) is 6.36. The Kier molecular flexibility index (Phi) is 5.20. The maximum absolute atomic E-state index is 6.25. The second kappa shape index (κ2) is 7.38. The third-order valence-electron chi connectivity index (χ3n) is 5.41. The van der Waals surface area contributed by atoms with E-state index < -0.39 is 0 Å². The molecule has 1 atom stereocenters. The van der Waals surface area contributed by atoms with E-state index in [1.807, 2.05) is 0 Å². The Morgan fingerprint density at radius 3 is 2.88 bits per heavy atom. The Labute approximate surface area is 148 Å². The molecule has 0 amide bonds. The van der Waals surface area contributed by atoms with Gasteiger partial charge in [0.1, 0.15) is 5.01 Å². The van der Waals surface area contributed by atoms with Gasteiger partial charge < -0.3 is 14.2 Å². The first-order valence-corrected chi connectivity index (χ1v) is 10.1. The highest BCUT2D eigenvalue weighted by Crippen LogP contribution is 2.36. The lowest BCUT2D eigenvalue weighted by molar-refractivity contribution is -0.201. The van der Waals surface area contributed by atoms with Crippen molar-refractivity contribution in [1.82, 2.24) is 9.88 Å². The second-order valence-corrected chi connectivity index (χ2v) is 8.51. The minimum absolute atomic E-state index is 0.0326. The van der Waals surface area contributed by atoms with Crippen molar-refractivity contribution in [2.45, 2.75) is 50.9 Å². The van der Waals surface area contributed by atoms with Gasteiger partial charge in [0.25, 0.3) is 0 Å². The van der Waals surface area contributed by atoms with Crippen LogP contribution in [0.1, 0.15) is 36.4 Å². The predicted octanol–water partition coefficient (Wildman–Crippen LogP) is 2.63. The van der Waals surface area contributed by atoms with Crippen molar-refractivity contribution in [3.05, 3.63) is 16.1 Å². The molecule has 3 aliphatic heterocycles. The normalized spacial score (nSPS) is 28.1. The first-order chi connectivity index (χ1) is 11.7. The fraction of sp³-hybridized carbons (Fsp3) is 0.833. The van der Waals surface area contributed by atoms with Crippen LogP contribution in [0.4, 0.5) is 0 Å². The van der Waals surface area contributed by atoms with E-state index in [4.69, 9.17) is 14.2 Å². The van der Waals surface area contributed by atoms with Gasteiger partial charge in [0.05, 0.1) is 18.2 Å². The minimum Gasteiger partial charge on any atom is -0.381 e. The van der Waals surface area contributed by atoms with Gasteiger partial charge in [-0.3, -0.25) is 4.90 Å². The monoisotopic (exact) mass is 352 g/mol. The number of thiazole rings is 1. The summed E-state index contributed by atoms with van der Waals surface area (Å²) in [4.78, 5) is 7.01. The first kappa shape index (κ1) is 16.9. The average molecular weight is 353 g/mol. The molecule has 0 saturated carbocycles. The van der Waals surface area contributed by atoms with Gasteiger partial charge in [-0.2, -0.15) is 0 Å². The molecule has 134 valence electrons. The molecule has 4 heterocycles. The molecular weight excluding hydrogens is 324 g/mol. The number of aromatic nitrogens is 1. The highest BCUT2D eigenvalue weighted by Gasteiger charge is 2.47. The predicted molar refractivity (Wildman–Crippen MR) is 93.3 cm³/mol. The first-order valence-electron chi connectivity index (χ1n) is 9.17. The Bertz CT molecular complexity index is 538. The van der Waals surface area contributed by atoms with Crippen LogP contribution >= 0.6 is 11.3 Å². The molecule has 24 heavy (non-hydrogen) atoms. The summed E-state index contributed by atoms with van der Waals surface area (Å²) in [5.74, 6) is 0.684. The summed E-state index contributed by atoms with van der Waals surface area (Å²) in [5, 5.41) is 3.34. The van der Waals surface area contributed by atoms with E-state index in [9.17, 15) is 0 Å². The molecule has 3 aliphatic rings. The van der Waals surface area contributed by atoms with E-state index in [0.29, 0.717) is 12.0 Å². The smallest absolute Gasteiger partial charge is 0.107 e. The van der Waals surface area contributed by atoms with E-state index in [1.54, 1.807) is 11.3 Å². The quantitative estimate of drug-likeness (QED) is 0.815.